The monoisotopic (exact) mass is 422 g/mol. The van der Waals surface area contributed by atoms with Gasteiger partial charge in [0.05, 0.1) is 6.04 Å². The number of phenolic OH excluding ortho intramolecular Hbond substituents is 1. The summed E-state index contributed by atoms with van der Waals surface area (Å²) in [6.45, 7) is 6.30. The van der Waals surface area contributed by atoms with Crippen LogP contribution < -0.4 is 21.7 Å². The Kier molecular flexibility index (Phi) is 9.25. The van der Waals surface area contributed by atoms with Crippen LogP contribution in [0.3, 0.4) is 0 Å². The van der Waals surface area contributed by atoms with Gasteiger partial charge in [-0.05, 0) is 37.5 Å². The number of amides is 3. The molecule has 0 saturated heterocycles. The summed E-state index contributed by atoms with van der Waals surface area (Å²) >= 11 is 0. The first-order valence-electron chi connectivity index (χ1n) is 9.59. The van der Waals surface area contributed by atoms with Gasteiger partial charge in [0.25, 0.3) is 0 Å². The Bertz CT molecular complexity index is 765. The van der Waals surface area contributed by atoms with Gasteiger partial charge in [-0.2, -0.15) is 0 Å². The molecule has 0 bridgehead atoms. The van der Waals surface area contributed by atoms with Crippen LogP contribution in [-0.4, -0.2) is 58.1 Å². The Morgan fingerprint density at radius 3 is 1.90 bits per heavy atom. The first-order valence-corrected chi connectivity index (χ1v) is 9.59. The van der Waals surface area contributed by atoms with Crippen LogP contribution in [-0.2, 0) is 25.6 Å². The van der Waals surface area contributed by atoms with Crippen molar-refractivity contribution >= 4 is 23.7 Å². The van der Waals surface area contributed by atoms with Gasteiger partial charge in [0.1, 0.15) is 23.9 Å². The van der Waals surface area contributed by atoms with Crippen molar-refractivity contribution in [2.75, 3.05) is 0 Å². The highest BCUT2D eigenvalue weighted by atomic mass is 16.4. The first kappa shape index (κ1) is 24.9. The number of benzene rings is 1. The van der Waals surface area contributed by atoms with Crippen LogP contribution in [0.5, 0.6) is 5.75 Å². The molecule has 0 aliphatic rings. The van der Waals surface area contributed by atoms with Crippen LogP contribution in [0.25, 0.3) is 0 Å². The van der Waals surface area contributed by atoms with E-state index >= 15 is 0 Å². The Balaban J connectivity index is 2.90. The molecule has 0 heterocycles. The molecule has 4 atom stereocenters. The van der Waals surface area contributed by atoms with Crippen molar-refractivity contribution < 1.29 is 29.4 Å². The third-order valence-electron chi connectivity index (χ3n) is 4.51. The lowest BCUT2D eigenvalue weighted by Gasteiger charge is -2.23. The second-order valence-electron chi connectivity index (χ2n) is 7.50. The highest BCUT2D eigenvalue weighted by molar-refractivity contribution is 5.94. The van der Waals surface area contributed by atoms with Crippen LogP contribution in [0.15, 0.2) is 24.3 Å². The van der Waals surface area contributed by atoms with Crippen LogP contribution in [0.4, 0.5) is 0 Å². The minimum Gasteiger partial charge on any atom is -0.508 e. The van der Waals surface area contributed by atoms with Crippen molar-refractivity contribution in [2.24, 2.45) is 11.7 Å². The average molecular weight is 422 g/mol. The minimum atomic E-state index is -1.22. The van der Waals surface area contributed by atoms with E-state index in [1.165, 1.54) is 26.0 Å². The van der Waals surface area contributed by atoms with Gasteiger partial charge in [0, 0.05) is 6.42 Å². The predicted octanol–water partition coefficient (Wildman–Crippen LogP) is -0.503. The Morgan fingerprint density at radius 2 is 1.40 bits per heavy atom. The van der Waals surface area contributed by atoms with Crippen LogP contribution in [0.1, 0.15) is 33.3 Å². The highest BCUT2D eigenvalue weighted by Gasteiger charge is 2.28. The molecule has 30 heavy (non-hydrogen) atoms. The summed E-state index contributed by atoms with van der Waals surface area (Å²) < 4.78 is 0. The molecule has 1 aromatic rings. The lowest BCUT2D eigenvalue weighted by molar-refractivity contribution is -0.141. The van der Waals surface area contributed by atoms with Crippen molar-refractivity contribution in [1.29, 1.82) is 0 Å². The number of carbonyl (C=O) groups is 4. The average Bonchev–Trinajstić information content (AvgIpc) is 2.67. The van der Waals surface area contributed by atoms with Crippen LogP contribution in [0.2, 0.25) is 0 Å². The number of carbonyl (C=O) groups excluding carboxylic acids is 3. The fourth-order valence-electron chi connectivity index (χ4n) is 2.43. The Hall–Kier alpha value is -3.14. The lowest BCUT2D eigenvalue weighted by atomic mass is 10.0. The summed E-state index contributed by atoms with van der Waals surface area (Å²) in [5.74, 6) is -3.11. The minimum absolute atomic E-state index is 0.0427. The summed E-state index contributed by atoms with van der Waals surface area (Å²) in [7, 11) is 0. The van der Waals surface area contributed by atoms with E-state index in [4.69, 9.17) is 10.8 Å². The maximum atomic E-state index is 12.6. The van der Waals surface area contributed by atoms with Gasteiger partial charge in [-0.25, -0.2) is 0 Å². The van der Waals surface area contributed by atoms with E-state index in [9.17, 15) is 24.3 Å². The zero-order chi connectivity index (χ0) is 23.0. The van der Waals surface area contributed by atoms with Gasteiger partial charge >= 0.3 is 5.97 Å². The highest BCUT2D eigenvalue weighted by Crippen LogP contribution is 2.12. The fraction of sp³-hybridized carbons (Fsp3) is 0.500. The van der Waals surface area contributed by atoms with Gasteiger partial charge in [0.2, 0.25) is 17.7 Å². The van der Waals surface area contributed by atoms with Gasteiger partial charge < -0.3 is 31.9 Å². The number of hydrogen-bond donors (Lipinski definition) is 6. The maximum Gasteiger partial charge on any atom is 0.325 e. The summed E-state index contributed by atoms with van der Waals surface area (Å²) in [4.78, 5) is 48.2. The molecule has 0 aliphatic heterocycles. The van der Waals surface area contributed by atoms with E-state index in [0.717, 1.165) is 0 Å². The SMILES string of the molecule is CC(NC(=O)C(Cc1ccc(O)cc1)NC(=O)C(C)NC(=O)C(N)C(C)C)C(=O)O. The third-order valence-corrected chi connectivity index (χ3v) is 4.51. The van der Waals surface area contributed by atoms with E-state index in [1.807, 2.05) is 0 Å². The molecule has 1 aromatic carbocycles. The molecule has 3 amide bonds. The normalized spacial score (nSPS) is 14.9. The number of phenols is 1. The molecule has 4 unspecified atom stereocenters. The molecule has 10 nitrogen and oxygen atoms in total. The number of aromatic hydroxyl groups is 1. The molecule has 0 aliphatic carbocycles. The quantitative estimate of drug-likeness (QED) is 0.295. The molecule has 0 radical (unpaired) electrons. The van der Waals surface area contributed by atoms with Gasteiger partial charge in [-0.15, -0.1) is 0 Å². The molecule has 166 valence electrons. The largest absolute Gasteiger partial charge is 0.508 e. The smallest absolute Gasteiger partial charge is 0.325 e. The second kappa shape index (κ2) is 11.1. The maximum absolute atomic E-state index is 12.6. The number of hydrogen-bond acceptors (Lipinski definition) is 6. The van der Waals surface area contributed by atoms with Crippen LogP contribution in [0, 0.1) is 5.92 Å². The van der Waals surface area contributed by atoms with E-state index in [0.29, 0.717) is 5.56 Å². The predicted molar refractivity (Wildman–Crippen MR) is 109 cm³/mol. The van der Waals surface area contributed by atoms with E-state index < -0.39 is 47.9 Å². The third kappa shape index (κ3) is 7.70. The number of rotatable bonds is 10. The van der Waals surface area contributed by atoms with Crippen LogP contribution >= 0.6 is 0 Å². The Morgan fingerprint density at radius 1 is 0.867 bits per heavy atom. The summed E-state index contributed by atoms with van der Waals surface area (Å²) in [5, 5.41) is 25.8. The molecule has 0 aromatic heterocycles. The van der Waals surface area contributed by atoms with Crippen molar-refractivity contribution in [3.05, 3.63) is 29.8 Å². The molecule has 0 spiro atoms. The first-order chi connectivity index (χ1) is 13.9. The van der Waals surface area contributed by atoms with Crippen molar-refractivity contribution in [2.45, 2.75) is 58.3 Å². The van der Waals surface area contributed by atoms with E-state index in [1.54, 1.807) is 26.0 Å². The molecule has 1 rings (SSSR count). The number of carboxylic acids is 1. The summed E-state index contributed by atoms with van der Waals surface area (Å²) in [6.07, 6.45) is 0.0520. The van der Waals surface area contributed by atoms with Crippen molar-refractivity contribution in [1.82, 2.24) is 16.0 Å². The molecule has 10 heteroatoms. The number of aliphatic carboxylic acids is 1. The lowest BCUT2D eigenvalue weighted by Crippen LogP contribution is -2.57. The second-order valence-corrected chi connectivity index (χ2v) is 7.50. The number of nitrogens with two attached hydrogens (primary N) is 1. The zero-order valence-corrected chi connectivity index (χ0v) is 17.5. The van der Waals surface area contributed by atoms with E-state index in [2.05, 4.69) is 16.0 Å². The van der Waals surface area contributed by atoms with Gasteiger partial charge in [-0.1, -0.05) is 26.0 Å². The zero-order valence-electron chi connectivity index (χ0n) is 17.5. The fourth-order valence-corrected chi connectivity index (χ4v) is 2.43. The van der Waals surface area contributed by atoms with Gasteiger partial charge in [0.15, 0.2) is 0 Å². The summed E-state index contributed by atoms with van der Waals surface area (Å²) in [5.41, 5.74) is 6.41. The van der Waals surface area contributed by atoms with E-state index in [-0.39, 0.29) is 18.1 Å². The Labute approximate surface area is 175 Å². The van der Waals surface area contributed by atoms with Crippen molar-refractivity contribution in [3.8, 4) is 5.75 Å². The number of carboxylic acid groups (broad SMARTS) is 1. The topological polar surface area (TPSA) is 171 Å². The standard InChI is InChI=1S/C20H30N4O6/c1-10(2)16(21)19(28)22-11(3)17(26)24-15(18(27)23-12(4)20(29)30)9-13-5-7-14(25)8-6-13/h5-8,10-12,15-16,25H,9,21H2,1-4H3,(H,22,28)(H,23,27)(H,24,26)(H,29,30). The molecule has 0 saturated carbocycles. The van der Waals surface area contributed by atoms with Gasteiger partial charge in [-0.3, -0.25) is 19.2 Å². The number of nitrogens with one attached hydrogen (secondary N) is 3. The molecule has 7 N–H and O–H groups in total. The molecular weight excluding hydrogens is 392 g/mol. The summed E-state index contributed by atoms with van der Waals surface area (Å²) in [6, 6.07) is 2.02. The molecular formula is C20H30N4O6. The van der Waals surface area contributed by atoms with Crippen molar-refractivity contribution in [3.63, 3.8) is 0 Å². The molecule has 0 fully saturated rings.